The summed E-state index contributed by atoms with van der Waals surface area (Å²) in [5.41, 5.74) is 3.34. The van der Waals surface area contributed by atoms with E-state index in [1.165, 1.54) is 6.33 Å². The van der Waals surface area contributed by atoms with Gasteiger partial charge in [-0.15, -0.1) is 0 Å². The number of fused-ring (bicyclic) bond motifs is 1. The van der Waals surface area contributed by atoms with Crippen LogP contribution in [-0.2, 0) is 4.74 Å². The Hall–Kier alpha value is -3.10. The van der Waals surface area contributed by atoms with Crippen molar-refractivity contribution in [1.29, 1.82) is 0 Å². The quantitative estimate of drug-likeness (QED) is 0.577. The maximum Gasteiger partial charge on any atom is 0.162 e. The molecule has 136 valence electrons. The summed E-state index contributed by atoms with van der Waals surface area (Å²) < 4.78 is 7.16. The van der Waals surface area contributed by atoms with Crippen LogP contribution in [0.5, 0.6) is 0 Å². The van der Waals surface area contributed by atoms with Crippen molar-refractivity contribution < 1.29 is 9.84 Å². The fourth-order valence-corrected chi connectivity index (χ4v) is 3.49. The third kappa shape index (κ3) is 2.88. The average Bonchev–Trinajstić information content (AvgIpc) is 3.48. The van der Waals surface area contributed by atoms with Gasteiger partial charge in [-0.05, 0) is 30.2 Å². The maximum absolute atomic E-state index is 10.6. The predicted molar refractivity (Wildman–Crippen MR) is 98.1 cm³/mol. The van der Waals surface area contributed by atoms with E-state index in [1.54, 1.807) is 17.1 Å². The van der Waals surface area contributed by atoms with E-state index < -0.39 is 6.10 Å². The first-order chi connectivity index (χ1) is 13.3. The van der Waals surface area contributed by atoms with Crippen molar-refractivity contribution in [3.63, 3.8) is 0 Å². The van der Waals surface area contributed by atoms with E-state index in [2.05, 4.69) is 25.3 Å². The van der Waals surface area contributed by atoms with Crippen LogP contribution >= 0.6 is 0 Å². The Morgan fingerprint density at radius 2 is 2.19 bits per heavy atom. The molecule has 3 aromatic heterocycles. The molecule has 1 fully saturated rings. The van der Waals surface area contributed by atoms with Crippen LogP contribution in [0.3, 0.4) is 0 Å². The molecule has 0 unspecified atom stereocenters. The number of aromatic amines is 1. The van der Waals surface area contributed by atoms with E-state index in [9.17, 15) is 5.11 Å². The number of hydrogen-bond donors (Lipinski definition) is 2. The van der Waals surface area contributed by atoms with Crippen molar-refractivity contribution in [2.75, 3.05) is 13.2 Å². The summed E-state index contributed by atoms with van der Waals surface area (Å²) in [7, 11) is 0. The number of H-pyrrole nitrogens is 1. The number of hydrogen-bond acceptors (Lipinski definition) is 6. The number of benzene rings is 1. The third-order valence-corrected chi connectivity index (χ3v) is 4.96. The van der Waals surface area contributed by atoms with Crippen LogP contribution in [0.2, 0.25) is 0 Å². The molecule has 1 aliphatic heterocycles. The zero-order valence-electron chi connectivity index (χ0n) is 14.5. The highest BCUT2D eigenvalue weighted by Crippen LogP contribution is 2.30. The van der Waals surface area contributed by atoms with Gasteiger partial charge in [0.15, 0.2) is 11.5 Å². The molecule has 0 radical (unpaired) electrons. The van der Waals surface area contributed by atoms with Crippen LogP contribution in [0.1, 0.15) is 18.1 Å². The van der Waals surface area contributed by atoms with Gasteiger partial charge in [0.2, 0.25) is 0 Å². The number of ether oxygens (including phenoxy) is 1. The lowest BCUT2D eigenvalue weighted by molar-refractivity contribution is 0.0917. The van der Waals surface area contributed by atoms with E-state index in [0.717, 1.165) is 34.3 Å². The summed E-state index contributed by atoms with van der Waals surface area (Å²) in [6, 6.07) is 9.80. The number of aliphatic hydroxyl groups is 1. The lowest BCUT2D eigenvalue weighted by Crippen LogP contribution is -2.12. The molecule has 2 N–H and O–H groups in total. The average molecular weight is 362 g/mol. The van der Waals surface area contributed by atoms with Crippen LogP contribution in [0.25, 0.3) is 28.1 Å². The highest BCUT2D eigenvalue weighted by molar-refractivity contribution is 5.77. The van der Waals surface area contributed by atoms with Gasteiger partial charge in [-0.2, -0.15) is 10.2 Å². The first kappa shape index (κ1) is 16.1. The van der Waals surface area contributed by atoms with Gasteiger partial charge >= 0.3 is 0 Å². The fourth-order valence-electron chi connectivity index (χ4n) is 3.49. The van der Waals surface area contributed by atoms with Gasteiger partial charge < -0.3 is 9.84 Å². The summed E-state index contributed by atoms with van der Waals surface area (Å²) in [6.45, 7) is 1.30. The monoisotopic (exact) mass is 362 g/mol. The number of aromatic nitrogens is 6. The van der Waals surface area contributed by atoms with Crippen molar-refractivity contribution >= 4 is 11.0 Å². The van der Waals surface area contributed by atoms with Crippen LogP contribution in [0, 0.1) is 5.92 Å². The Kier molecular flexibility index (Phi) is 3.92. The second kappa shape index (κ2) is 6.57. The molecule has 0 amide bonds. The van der Waals surface area contributed by atoms with Crippen molar-refractivity contribution in [3.05, 3.63) is 54.6 Å². The van der Waals surface area contributed by atoms with Gasteiger partial charge in [0.1, 0.15) is 6.33 Å². The van der Waals surface area contributed by atoms with Gasteiger partial charge in [0.25, 0.3) is 0 Å². The summed E-state index contributed by atoms with van der Waals surface area (Å²) in [5, 5.41) is 22.7. The molecule has 4 heterocycles. The van der Waals surface area contributed by atoms with Gasteiger partial charge in [-0.25, -0.2) is 14.6 Å². The van der Waals surface area contributed by atoms with E-state index in [0.29, 0.717) is 19.0 Å². The first-order valence-corrected chi connectivity index (χ1v) is 8.85. The van der Waals surface area contributed by atoms with Crippen LogP contribution in [0.15, 0.2) is 49.1 Å². The Labute approximate surface area is 154 Å². The molecule has 1 aromatic carbocycles. The maximum atomic E-state index is 10.6. The fraction of sp³-hybridized carbons (Fsp3) is 0.263. The van der Waals surface area contributed by atoms with E-state index in [1.807, 2.05) is 30.3 Å². The molecule has 27 heavy (non-hydrogen) atoms. The number of rotatable bonds is 4. The van der Waals surface area contributed by atoms with Crippen molar-refractivity contribution in [2.45, 2.75) is 12.5 Å². The van der Waals surface area contributed by atoms with Crippen molar-refractivity contribution in [3.8, 4) is 17.1 Å². The van der Waals surface area contributed by atoms with Crippen LogP contribution < -0.4 is 0 Å². The van der Waals surface area contributed by atoms with Gasteiger partial charge in [0.05, 0.1) is 24.6 Å². The molecule has 8 heteroatoms. The van der Waals surface area contributed by atoms with Crippen molar-refractivity contribution in [1.82, 2.24) is 29.9 Å². The molecule has 8 nitrogen and oxygen atoms in total. The molecule has 2 atom stereocenters. The first-order valence-electron chi connectivity index (χ1n) is 8.85. The Morgan fingerprint density at radius 1 is 1.22 bits per heavy atom. The molecular formula is C19H18N6O2. The molecule has 0 spiro atoms. The van der Waals surface area contributed by atoms with Crippen molar-refractivity contribution in [2.24, 2.45) is 5.92 Å². The second-order valence-corrected chi connectivity index (χ2v) is 6.69. The van der Waals surface area contributed by atoms with E-state index >= 15 is 0 Å². The number of nitrogens with one attached hydrogen (secondary N) is 1. The normalized spacial score (nSPS) is 18.2. The molecule has 1 saturated heterocycles. The highest BCUT2D eigenvalue weighted by Gasteiger charge is 2.26. The zero-order chi connectivity index (χ0) is 18.2. The van der Waals surface area contributed by atoms with Gasteiger partial charge in [0, 0.05) is 29.7 Å². The van der Waals surface area contributed by atoms with Gasteiger partial charge in [-0.1, -0.05) is 12.1 Å². The molecule has 4 aromatic rings. The van der Waals surface area contributed by atoms with Crippen LogP contribution in [-0.4, -0.2) is 48.3 Å². The smallest absolute Gasteiger partial charge is 0.162 e. The lowest BCUT2D eigenvalue weighted by Gasteiger charge is -2.16. The minimum Gasteiger partial charge on any atom is -0.388 e. The number of pyridine rings is 1. The number of aliphatic hydroxyl groups excluding tert-OH is 1. The highest BCUT2D eigenvalue weighted by atomic mass is 16.5. The molecule has 1 aliphatic rings. The summed E-state index contributed by atoms with van der Waals surface area (Å²) >= 11 is 0. The summed E-state index contributed by atoms with van der Waals surface area (Å²) in [6.07, 6.45) is 5.28. The molecular weight excluding hydrogens is 344 g/mol. The van der Waals surface area contributed by atoms with Crippen LogP contribution in [0.4, 0.5) is 0 Å². The number of nitrogens with zero attached hydrogens (tertiary/aromatic N) is 5. The largest absolute Gasteiger partial charge is 0.388 e. The second-order valence-electron chi connectivity index (χ2n) is 6.69. The van der Waals surface area contributed by atoms with E-state index in [4.69, 9.17) is 4.74 Å². The molecule has 0 aliphatic carbocycles. The standard InChI is InChI=1S/C19H18N6O2/c26-17(13-4-5-27-10-13)14-6-15-9-23-25(19(15)20-8-14)16-3-1-2-12(7-16)18-21-11-22-24-18/h1-3,6-9,11,13,17,26H,4-5,10H2,(H,21,22,24)/t13-,17-/m0/s1. The Bertz CT molecular complexity index is 1070. The van der Waals surface area contributed by atoms with Gasteiger partial charge in [-0.3, -0.25) is 5.10 Å². The topological polar surface area (TPSA) is 102 Å². The molecule has 5 rings (SSSR count). The molecule has 0 bridgehead atoms. The summed E-state index contributed by atoms with van der Waals surface area (Å²) in [4.78, 5) is 8.76. The predicted octanol–water partition coefficient (Wildman–Crippen LogP) is 2.28. The zero-order valence-corrected chi connectivity index (χ0v) is 14.5. The Balaban J connectivity index is 1.51. The third-order valence-electron chi connectivity index (χ3n) is 4.96. The Morgan fingerprint density at radius 3 is 3.00 bits per heavy atom. The molecule has 0 saturated carbocycles. The summed E-state index contributed by atoms with van der Waals surface area (Å²) in [5.74, 6) is 0.823. The minimum absolute atomic E-state index is 0.123. The minimum atomic E-state index is -0.567. The lowest BCUT2D eigenvalue weighted by atomic mass is 9.96. The van der Waals surface area contributed by atoms with E-state index in [-0.39, 0.29) is 5.92 Å². The SMILES string of the molecule is O[C@H](c1cnc2c(cnn2-c2cccc(-c3ncn[nH]3)c2)c1)[C@H]1CCOC1.